The highest BCUT2D eigenvalue weighted by molar-refractivity contribution is 14.0. The monoisotopic (exact) mass is 528 g/mol. The van der Waals surface area contributed by atoms with Crippen molar-refractivity contribution in [2.75, 3.05) is 33.3 Å². The first-order valence-electron chi connectivity index (χ1n) is 9.34. The van der Waals surface area contributed by atoms with E-state index in [-0.39, 0.29) is 24.0 Å². The van der Waals surface area contributed by atoms with Gasteiger partial charge in [-0.3, -0.25) is 9.39 Å². The molecular formula is C20H26ClIN6O. The molecule has 0 bridgehead atoms. The molecule has 0 aliphatic heterocycles. The smallest absolute Gasteiger partial charge is 0.193 e. The van der Waals surface area contributed by atoms with Gasteiger partial charge in [0.25, 0.3) is 0 Å². The van der Waals surface area contributed by atoms with Crippen LogP contribution in [0.2, 0.25) is 5.02 Å². The Balaban J connectivity index is 0.00000300. The van der Waals surface area contributed by atoms with E-state index in [2.05, 4.69) is 27.3 Å². The van der Waals surface area contributed by atoms with Crippen LogP contribution >= 0.6 is 35.6 Å². The fourth-order valence-corrected chi connectivity index (χ4v) is 2.86. The Morgan fingerprint density at radius 2 is 2.00 bits per heavy atom. The average Bonchev–Trinajstić information content (AvgIpc) is 3.12. The quantitative estimate of drug-likeness (QED) is 0.275. The summed E-state index contributed by atoms with van der Waals surface area (Å²) in [6, 6.07) is 13.2. The summed E-state index contributed by atoms with van der Waals surface area (Å²) in [6.07, 6.45) is 2.69. The van der Waals surface area contributed by atoms with Crippen LogP contribution in [0.5, 0.6) is 5.75 Å². The van der Waals surface area contributed by atoms with Gasteiger partial charge in [-0.25, -0.2) is 0 Å². The number of aromatic nitrogens is 3. The second-order valence-electron chi connectivity index (χ2n) is 6.25. The molecule has 2 aromatic heterocycles. The fraction of sp³-hybridized carbons (Fsp3) is 0.350. The minimum Gasteiger partial charge on any atom is -0.492 e. The zero-order valence-electron chi connectivity index (χ0n) is 16.6. The number of rotatable bonds is 8. The topological polar surface area (TPSA) is 67.0 Å². The number of guanidine groups is 1. The first-order chi connectivity index (χ1) is 13.7. The molecule has 9 heteroatoms. The minimum atomic E-state index is 0. The fourth-order valence-electron chi connectivity index (χ4n) is 2.73. The molecule has 0 saturated carbocycles. The third-order valence-electron chi connectivity index (χ3n) is 4.19. The maximum atomic E-state index is 5.89. The molecule has 0 saturated heterocycles. The number of pyridine rings is 1. The predicted octanol–water partition coefficient (Wildman–Crippen LogP) is 3.52. The number of nitrogens with zero attached hydrogens (tertiary/aromatic N) is 5. The first kappa shape index (κ1) is 23.2. The van der Waals surface area contributed by atoms with Crippen molar-refractivity contribution in [1.82, 2.24) is 24.8 Å². The van der Waals surface area contributed by atoms with Crippen LogP contribution in [-0.2, 0) is 6.42 Å². The number of likely N-dealkylation sites (N-methyl/N-ethyl adjacent to an activating group) is 1. The second-order valence-corrected chi connectivity index (χ2v) is 6.69. The maximum absolute atomic E-state index is 5.89. The van der Waals surface area contributed by atoms with E-state index >= 15 is 0 Å². The molecule has 0 fully saturated rings. The van der Waals surface area contributed by atoms with Crippen molar-refractivity contribution in [2.24, 2.45) is 4.99 Å². The van der Waals surface area contributed by atoms with Crippen LogP contribution in [0.3, 0.4) is 0 Å². The van der Waals surface area contributed by atoms with Crippen LogP contribution in [0.4, 0.5) is 0 Å². The van der Waals surface area contributed by atoms with Crippen molar-refractivity contribution in [3.8, 4) is 5.75 Å². The first-order valence-corrected chi connectivity index (χ1v) is 9.71. The summed E-state index contributed by atoms with van der Waals surface area (Å²) in [6.45, 7) is 4.74. The van der Waals surface area contributed by atoms with Crippen molar-refractivity contribution < 1.29 is 4.74 Å². The highest BCUT2D eigenvalue weighted by Gasteiger charge is 2.07. The lowest BCUT2D eigenvalue weighted by Crippen LogP contribution is -2.41. The van der Waals surface area contributed by atoms with Crippen LogP contribution < -0.4 is 10.1 Å². The van der Waals surface area contributed by atoms with Gasteiger partial charge < -0.3 is 15.0 Å². The van der Waals surface area contributed by atoms with Crippen LogP contribution in [0.1, 0.15) is 12.7 Å². The normalized spacial score (nSPS) is 11.2. The molecule has 29 heavy (non-hydrogen) atoms. The number of benzene rings is 1. The van der Waals surface area contributed by atoms with E-state index in [0.29, 0.717) is 24.7 Å². The lowest BCUT2D eigenvalue weighted by Gasteiger charge is -2.22. The number of aliphatic imine (C=N–C) groups is 1. The molecule has 0 unspecified atom stereocenters. The van der Waals surface area contributed by atoms with Crippen molar-refractivity contribution in [1.29, 1.82) is 0 Å². The average molecular weight is 529 g/mol. The van der Waals surface area contributed by atoms with E-state index in [1.165, 1.54) is 0 Å². The molecule has 1 aromatic carbocycles. The molecule has 7 nitrogen and oxygen atoms in total. The molecule has 1 N–H and O–H groups in total. The number of hydrogen-bond donors (Lipinski definition) is 1. The zero-order chi connectivity index (χ0) is 19.8. The van der Waals surface area contributed by atoms with E-state index in [4.69, 9.17) is 21.3 Å². The molecule has 0 radical (unpaired) electrons. The number of halogens is 2. The van der Waals surface area contributed by atoms with Crippen LogP contribution in [0, 0.1) is 0 Å². The third-order valence-corrected chi connectivity index (χ3v) is 4.44. The van der Waals surface area contributed by atoms with Gasteiger partial charge >= 0.3 is 0 Å². The van der Waals surface area contributed by atoms with Gasteiger partial charge in [-0.1, -0.05) is 17.7 Å². The summed E-state index contributed by atoms with van der Waals surface area (Å²) in [5.41, 5.74) is 0.852. The van der Waals surface area contributed by atoms with E-state index in [1.54, 1.807) is 0 Å². The molecule has 3 aromatic rings. The van der Waals surface area contributed by atoms with E-state index in [1.807, 2.05) is 60.1 Å². The van der Waals surface area contributed by atoms with Crippen LogP contribution in [-0.4, -0.2) is 58.7 Å². The largest absolute Gasteiger partial charge is 0.492 e. The lowest BCUT2D eigenvalue weighted by molar-refractivity contribution is 0.281. The molecule has 0 amide bonds. The zero-order valence-corrected chi connectivity index (χ0v) is 19.7. The molecule has 0 aliphatic carbocycles. The second kappa shape index (κ2) is 11.8. The number of nitrogens with one attached hydrogen (secondary N) is 1. The Morgan fingerprint density at radius 3 is 2.76 bits per heavy atom. The standard InChI is InChI=1S/C20H25ClN6O.HI/c1-3-22-20(26(2)14-15-28-17-9-7-16(21)8-10-17)23-12-11-19-25-24-18-6-4-5-13-27(18)19;/h4-10,13H,3,11-12,14-15H2,1-2H3,(H,22,23);1H. The van der Waals surface area contributed by atoms with Gasteiger partial charge in [0.1, 0.15) is 18.2 Å². The van der Waals surface area contributed by atoms with Crippen molar-refractivity contribution in [3.05, 3.63) is 59.5 Å². The number of ether oxygens (including phenoxy) is 1. The van der Waals surface area contributed by atoms with Crippen molar-refractivity contribution in [3.63, 3.8) is 0 Å². The summed E-state index contributed by atoms with van der Waals surface area (Å²) in [4.78, 5) is 6.77. The van der Waals surface area contributed by atoms with E-state index in [9.17, 15) is 0 Å². The van der Waals surface area contributed by atoms with Gasteiger partial charge in [0.15, 0.2) is 11.6 Å². The van der Waals surface area contributed by atoms with Gasteiger partial charge in [-0.15, -0.1) is 34.2 Å². The summed E-state index contributed by atoms with van der Waals surface area (Å²) < 4.78 is 7.76. The van der Waals surface area contributed by atoms with E-state index in [0.717, 1.165) is 36.1 Å². The van der Waals surface area contributed by atoms with Gasteiger partial charge in [-0.05, 0) is 43.3 Å². The lowest BCUT2D eigenvalue weighted by atomic mass is 10.3. The molecule has 3 rings (SSSR count). The highest BCUT2D eigenvalue weighted by atomic mass is 127. The molecule has 156 valence electrons. The third kappa shape index (κ3) is 6.74. The molecule has 2 heterocycles. The summed E-state index contributed by atoms with van der Waals surface area (Å²) in [5, 5.41) is 12.4. The molecule has 0 aliphatic rings. The Bertz CT molecular complexity index is 915. The summed E-state index contributed by atoms with van der Waals surface area (Å²) in [7, 11) is 2.00. The SMILES string of the molecule is CCNC(=NCCc1nnc2ccccn12)N(C)CCOc1ccc(Cl)cc1.I. The Hall–Kier alpha value is -2.07. The van der Waals surface area contributed by atoms with Crippen molar-refractivity contribution >= 4 is 47.2 Å². The van der Waals surface area contributed by atoms with Crippen molar-refractivity contribution in [2.45, 2.75) is 13.3 Å². The van der Waals surface area contributed by atoms with Crippen LogP contribution in [0.15, 0.2) is 53.7 Å². The Morgan fingerprint density at radius 1 is 1.21 bits per heavy atom. The number of hydrogen-bond acceptors (Lipinski definition) is 4. The summed E-state index contributed by atoms with van der Waals surface area (Å²) >= 11 is 5.89. The van der Waals surface area contributed by atoms with Gasteiger partial charge in [0.05, 0.1) is 6.54 Å². The predicted molar refractivity (Wildman–Crippen MR) is 128 cm³/mol. The molecule has 0 spiro atoms. The van der Waals surface area contributed by atoms with Gasteiger partial charge in [-0.2, -0.15) is 0 Å². The molecular weight excluding hydrogens is 503 g/mol. The van der Waals surface area contributed by atoms with E-state index < -0.39 is 0 Å². The Kier molecular flexibility index (Phi) is 9.46. The highest BCUT2D eigenvalue weighted by Crippen LogP contribution is 2.15. The Labute approximate surface area is 193 Å². The van der Waals surface area contributed by atoms with Crippen LogP contribution in [0.25, 0.3) is 5.65 Å². The summed E-state index contributed by atoms with van der Waals surface area (Å²) in [5.74, 6) is 2.55. The molecule has 0 atom stereocenters. The van der Waals surface area contributed by atoms with Gasteiger partial charge in [0, 0.05) is 37.8 Å². The number of fused-ring (bicyclic) bond motifs is 1. The van der Waals surface area contributed by atoms with Gasteiger partial charge in [0.2, 0.25) is 0 Å². The minimum absolute atomic E-state index is 0. The maximum Gasteiger partial charge on any atom is 0.193 e.